The quantitative estimate of drug-likeness (QED) is 0.429. The van der Waals surface area contributed by atoms with Crippen molar-refractivity contribution in [2.24, 2.45) is 0 Å². The van der Waals surface area contributed by atoms with Crippen molar-refractivity contribution in [1.29, 1.82) is 0 Å². The normalized spacial score (nSPS) is 16.4. The molecule has 1 aromatic carbocycles. The van der Waals surface area contributed by atoms with Crippen LogP contribution in [0.3, 0.4) is 0 Å². The number of alkyl halides is 4. The lowest BCUT2D eigenvalue weighted by Crippen LogP contribution is -2.40. The molecule has 1 aliphatic heterocycles. The zero-order chi connectivity index (χ0) is 21.4. The molecule has 0 amide bonds. The maximum absolute atomic E-state index is 15.5. The van der Waals surface area contributed by atoms with E-state index in [-0.39, 0.29) is 5.69 Å². The molecule has 0 saturated carbocycles. The Labute approximate surface area is 172 Å². The molecule has 2 aromatic heterocycles. The van der Waals surface area contributed by atoms with E-state index in [1.807, 2.05) is 35.2 Å². The first-order valence-corrected chi connectivity index (χ1v) is 9.78. The van der Waals surface area contributed by atoms with Crippen LogP contribution in [-0.2, 0) is 12.1 Å². The van der Waals surface area contributed by atoms with Gasteiger partial charge in [-0.1, -0.05) is 36.3 Å². The Morgan fingerprint density at radius 2 is 1.80 bits per heavy atom. The Morgan fingerprint density at radius 3 is 2.43 bits per heavy atom. The van der Waals surface area contributed by atoms with Gasteiger partial charge in [0.1, 0.15) is 5.67 Å². The number of halogens is 4. The molecule has 0 aliphatic carbocycles. The van der Waals surface area contributed by atoms with Gasteiger partial charge in [0.25, 0.3) is 0 Å². The first-order valence-electron chi connectivity index (χ1n) is 9.78. The van der Waals surface area contributed by atoms with E-state index < -0.39 is 18.3 Å². The zero-order valence-corrected chi connectivity index (χ0v) is 16.5. The van der Waals surface area contributed by atoms with E-state index in [2.05, 4.69) is 16.8 Å². The van der Waals surface area contributed by atoms with Crippen molar-refractivity contribution in [2.75, 3.05) is 18.0 Å². The van der Waals surface area contributed by atoms with Gasteiger partial charge in [0.15, 0.2) is 5.65 Å². The van der Waals surface area contributed by atoms with E-state index >= 15 is 4.39 Å². The van der Waals surface area contributed by atoms with Gasteiger partial charge >= 0.3 is 6.18 Å². The van der Waals surface area contributed by atoms with E-state index in [4.69, 9.17) is 0 Å². The van der Waals surface area contributed by atoms with Crippen LogP contribution in [0.15, 0.2) is 48.8 Å². The summed E-state index contributed by atoms with van der Waals surface area (Å²) in [6.45, 7) is 2.64. The molecule has 1 fully saturated rings. The monoisotopic (exact) mass is 415 g/mol. The highest BCUT2D eigenvalue weighted by molar-refractivity contribution is 5.73. The SMILES string of the molecule is CC#Cc1c(N2CCC(F)(c3ccccc3)CC2)ccn2c(CC(F)(F)F)cnc12. The maximum Gasteiger partial charge on any atom is 0.394 e. The van der Waals surface area contributed by atoms with E-state index in [1.54, 1.807) is 19.2 Å². The number of hydrogen-bond donors (Lipinski definition) is 0. The fraction of sp³-hybridized carbons (Fsp3) is 0.348. The Morgan fingerprint density at radius 1 is 1.10 bits per heavy atom. The van der Waals surface area contributed by atoms with Crippen LogP contribution < -0.4 is 4.90 Å². The lowest BCUT2D eigenvalue weighted by Gasteiger charge is -2.38. The van der Waals surface area contributed by atoms with Crippen LogP contribution in [0.5, 0.6) is 0 Å². The molecule has 0 N–H and O–H groups in total. The summed E-state index contributed by atoms with van der Waals surface area (Å²) in [6, 6.07) is 10.9. The Bertz CT molecular complexity index is 1100. The fourth-order valence-electron chi connectivity index (χ4n) is 4.06. The molecule has 0 radical (unpaired) electrons. The summed E-state index contributed by atoms with van der Waals surface area (Å²) in [5, 5.41) is 0. The molecule has 0 atom stereocenters. The molecule has 3 heterocycles. The first kappa shape index (κ1) is 20.3. The third-order valence-corrected chi connectivity index (χ3v) is 5.55. The lowest BCUT2D eigenvalue weighted by atomic mass is 9.86. The Hall–Kier alpha value is -3.01. The van der Waals surface area contributed by atoms with E-state index in [1.165, 1.54) is 10.6 Å². The van der Waals surface area contributed by atoms with Crippen LogP contribution in [0, 0.1) is 11.8 Å². The standard InChI is InChI=1S/C23H21F4N3/c1-2-6-19-20(9-12-30-18(15-23(25,26)27)16-28-21(19)30)29-13-10-22(24,11-14-29)17-7-4-3-5-8-17/h3-5,7-9,12,16H,10-11,13-15H2,1H3. The molecule has 156 valence electrons. The zero-order valence-electron chi connectivity index (χ0n) is 16.5. The van der Waals surface area contributed by atoms with Gasteiger partial charge in [0.05, 0.1) is 23.4 Å². The van der Waals surface area contributed by atoms with Gasteiger partial charge in [-0.25, -0.2) is 9.37 Å². The highest BCUT2D eigenvalue weighted by atomic mass is 19.4. The third kappa shape index (κ3) is 3.87. The minimum absolute atomic E-state index is 0.0636. The number of aromatic nitrogens is 2. The third-order valence-electron chi connectivity index (χ3n) is 5.55. The van der Waals surface area contributed by atoms with E-state index in [0.29, 0.717) is 42.7 Å². The van der Waals surface area contributed by atoms with Gasteiger partial charge in [0, 0.05) is 38.3 Å². The Balaban J connectivity index is 1.65. The molecule has 0 unspecified atom stereocenters. The van der Waals surface area contributed by atoms with Crippen LogP contribution >= 0.6 is 0 Å². The number of anilines is 1. The van der Waals surface area contributed by atoms with Crippen LogP contribution in [0.2, 0.25) is 0 Å². The maximum atomic E-state index is 15.5. The molecular formula is C23H21F4N3. The summed E-state index contributed by atoms with van der Waals surface area (Å²) in [5.74, 6) is 5.82. The number of imidazole rings is 1. The van der Waals surface area contributed by atoms with Crippen molar-refractivity contribution in [3.05, 3.63) is 65.6 Å². The second kappa shape index (κ2) is 7.67. The second-order valence-corrected chi connectivity index (χ2v) is 7.50. The molecule has 30 heavy (non-hydrogen) atoms. The van der Waals surface area contributed by atoms with Crippen LogP contribution in [0.25, 0.3) is 5.65 Å². The van der Waals surface area contributed by atoms with Gasteiger partial charge in [-0.05, 0) is 18.6 Å². The van der Waals surface area contributed by atoms with Crippen molar-refractivity contribution >= 4 is 11.3 Å². The Kier molecular flexibility index (Phi) is 5.19. The topological polar surface area (TPSA) is 20.5 Å². The lowest BCUT2D eigenvalue weighted by molar-refractivity contribution is -0.127. The second-order valence-electron chi connectivity index (χ2n) is 7.50. The van der Waals surface area contributed by atoms with Crippen LogP contribution in [0.1, 0.15) is 36.6 Å². The van der Waals surface area contributed by atoms with Gasteiger partial charge in [-0.15, -0.1) is 5.92 Å². The number of rotatable bonds is 3. The van der Waals surface area contributed by atoms with Gasteiger partial charge < -0.3 is 9.30 Å². The molecule has 3 aromatic rings. The summed E-state index contributed by atoms with van der Waals surface area (Å²) in [6.07, 6.45) is -1.89. The first-order chi connectivity index (χ1) is 14.3. The van der Waals surface area contributed by atoms with Gasteiger partial charge in [-0.3, -0.25) is 0 Å². The summed E-state index contributed by atoms with van der Waals surface area (Å²) >= 11 is 0. The number of benzene rings is 1. The minimum Gasteiger partial charge on any atom is -0.370 e. The van der Waals surface area contributed by atoms with Crippen LogP contribution in [-0.4, -0.2) is 28.7 Å². The van der Waals surface area contributed by atoms with Crippen molar-refractivity contribution in [1.82, 2.24) is 9.38 Å². The predicted molar refractivity (Wildman–Crippen MR) is 108 cm³/mol. The molecule has 3 nitrogen and oxygen atoms in total. The predicted octanol–water partition coefficient (Wildman–Crippen LogP) is 5.28. The number of piperidine rings is 1. The smallest absolute Gasteiger partial charge is 0.370 e. The molecule has 0 spiro atoms. The van der Waals surface area contributed by atoms with Crippen LogP contribution in [0.4, 0.5) is 23.2 Å². The molecular weight excluding hydrogens is 394 g/mol. The molecule has 0 bridgehead atoms. The number of nitrogens with zero attached hydrogens (tertiary/aromatic N) is 3. The number of hydrogen-bond acceptors (Lipinski definition) is 2. The molecule has 4 rings (SSSR count). The number of pyridine rings is 1. The highest BCUT2D eigenvalue weighted by Crippen LogP contribution is 2.39. The van der Waals surface area contributed by atoms with Crippen molar-refractivity contribution < 1.29 is 17.6 Å². The minimum atomic E-state index is -4.32. The van der Waals surface area contributed by atoms with Gasteiger partial charge in [0.2, 0.25) is 0 Å². The summed E-state index contributed by atoms with van der Waals surface area (Å²) in [7, 11) is 0. The van der Waals surface area contributed by atoms with E-state index in [9.17, 15) is 13.2 Å². The van der Waals surface area contributed by atoms with E-state index in [0.717, 1.165) is 5.69 Å². The summed E-state index contributed by atoms with van der Waals surface area (Å²) < 4.78 is 55.5. The highest BCUT2D eigenvalue weighted by Gasteiger charge is 2.37. The van der Waals surface area contributed by atoms with Crippen molar-refractivity contribution in [2.45, 2.75) is 38.0 Å². The summed E-state index contributed by atoms with van der Waals surface area (Å²) in [4.78, 5) is 6.25. The molecule has 7 heteroatoms. The average Bonchev–Trinajstić information content (AvgIpc) is 3.11. The fourth-order valence-corrected chi connectivity index (χ4v) is 4.06. The number of fused-ring (bicyclic) bond motifs is 1. The van der Waals surface area contributed by atoms with Crippen molar-refractivity contribution in [3.8, 4) is 11.8 Å². The molecule has 1 aliphatic rings. The largest absolute Gasteiger partial charge is 0.394 e. The van der Waals surface area contributed by atoms with Gasteiger partial charge in [-0.2, -0.15) is 13.2 Å². The van der Waals surface area contributed by atoms with Crippen molar-refractivity contribution in [3.63, 3.8) is 0 Å². The summed E-state index contributed by atoms with van der Waals surface area (Å²) in [5.41, 5.74) is 1.09. The molecule has 1 saturated heterocycles. The average molecular weight is 415 g/mol.